The second kappa shape index (κ2) is 6.07. The second-order valence-electron chi connectivity index (χ2n) is 3.68. The lowest BCUT2D eigenvalue weighted by Crippen LogP contribution is -2.28. The van der Waals surface area contributed by atoms with Crippen molar-refractivity contribution in [3.63, 3.8) is 0 Å². The topological polar surface area (TPSA) is 64.3 Å². The van der Waals surface area contributed by atoms with Gasteiger partial charge in [0.15, 0.2) is 6.61 Å². The highest BCUT2D eigenvalue weighted by molar-refractivity contribution is 7.09. The van der Waals surface area contributed by atoms with E-state index in [1.165, 1.54) is 0 Å². The zero-order valence-corrected chi connectivity index (χ0v) is 10.6. The molecule has 1 heterocycles. The summed E-state index contributed by atoms with van der Waals surface area (Å²) >= 11 is 1.61. The summed E-state index contributed by atoms with van der Waals surface area (Å²) in [6, 6.07) is 11.0. The summed E-state index contributed by atoms with van der Waals surface area (Å²) in [6.07, 6.45) is 0. The highest BCUT2D eigenvalue weighted by Gasteiger charge is 2.04. The lowest BCUT2D eigenvalue weighted by atomic mass is 10.3. The molecule has 0 bridgehead atoms. The quantitative estimate of drug-likeness (QED) is 0.810. The molecule has 0 aliphatic carbocycles. The average molecular weight is 262 g/mol. The summed E-state index contributed by atoms with van der Waals surface area (Å²) in [5.41, 5.74) is 6.23. The van der Waals surface area contributed by atoms with Crippen LogP contribution in [0.5, 0.6) is 5.75 Å². The number of benzene rings is 1. The lowest BCUT2D eigenvalue weighted by Gasteiger charge is -2.08. The van der Waals surface area contributed by atoms with Crippen molar-refractivity contribution in [2.75, 3.05) is 12.3 Å². The third-order valence-corrected chi connectivity index (χ3v) is 3.19. The number of para-hydroxylation sites is 2. The number of nitrogen functional groups attached to an aromatic ring is 1. The Hall–Kier alpha value is -2.01. The molecule has 0 spiro atoms. The minimum Gasteiger partial charge on any atom is -0.482 e. The third-order valence-electron chi connectivity index (χ3n) is 2.32. The molecule has 0 saturated carbocycles. The summed E-state index contributed by atoms with van der Waals surface area (Å²) in [5, 5.41) is 4.76. The molecule has 0 radical (unpaired) electrons. The van der Waals surface area contributed by atoms with Crippen LogP contribution in [0, 0.1) is 0 Å². The molecule has 18 heavy (non-hydrogen) atoms. The summed E-state index contributed by atoms with van der Waals surface area (Å²) in [4.78, 5) is 12.7. The largest absolute Gasteiger partial charge is 0.482 e. The average Bonchev–Trinajstić information content (AvgIpc) is 2.88. The van der Waals surface area contributed by atoms with Gasteiger partial charge in [-0.3, -0.25) is 4.79 Å². The molecular formula is C13H14N2O2S. The van der Waals surface area contributed by atoms with Gasteiger partial charge in [0.2, 0.25) is 0 Å². The first-order chi connectivity index (χ1) is 8.75. The van der Waals surface area contributed by atoms with Crippen LogP contribution >= 0.6 is 11.3 Å². The van der Waals surface area contributed by atoms with Crippen LogP contribution in [0.2, 0.25) is 0 Å². The van der Waals surface area contributed by atoms with Crippen molar-refractivity contribution in [3.05, 3.63) is 46.7 Å². The fourth-order valence-electron chi connectivity index (χ4n) is 1.41. The Morgan fingerprint density at radius 3 is 2.83 bits per heavy atom. The van der Waals surface area contributed by atoms with Crippen molar-refractivity contribution < 1.29 is 9.53 Å². The number of nitrogens with one attached hydrogen (secondary N) is 1. The van der Waals surface area contributed by atoms with Crippen molar-refractivity contribution in [3.8, 4) is 5.75 Å². The maximum atomic E-state index is 11.6. The van der Waals surface area contributed by atoms with Crippen molar-refractivity contribution in [2.24, 2.45) is 0 Å². The first-order valence-corrected chi connectivity index (χ1v) is 6.40. The van der Waals surface area contributed by atoms with Gasteiger partial charge < -0.3 is 15.8 Å². The monoisotopic (exact) mass is 262 g/mol. The molecule has 0 fully saturated rings. The SMILES string of the molecule is Nc1ccccc1OCC(=O)NCc1cccs1. The van der Waals surface area contributed by atoms with Crippen LogP contribution in [0.25, 0.3) is 0 Å². The number of amides is 1. The Bertz CT molecular complexity index is 511. The molecule has 0 atom stereocenters. The van der Waals surface area contributed by atoms with Gasteiger partial charge in [-0.2, -0.15) is 0 Å². The van der Waals surface area contributed by atoms with Crippen LogP contribution < -0.4 is 15.8 Å². The fourth-order valence-corrected chi connectivity index (χ4v) is 2.05. The van der Waals surface area contributed by atoms with Gasteiger partial charge in [0, 0.05) is 4.88 Å². The number of anilines is 1. The van der Waals surface area contributed by atoms with E-state index in [4.69, 9.17) is 10.5 Å². The second-order valence-corrected chi connectivity index (χ2v) is 4.71. The molecule has 2 aromatic rings. The number of hydrogen-bond acceptors (Lipinski definition) is 4. The molecule has 0 aliphatic rings. The van der Waals surface area contributed by atoms with Crippen LogP contribution in [-0.4, -0.2) is 12.5 Å². The molecule has 1 amide bonds. The predicted molar refractivity (Wildman–Crippen MR) is 72.5 cm³/mol. The zero-order chi connectivity index (χ0) is 12.8. The molecule has 0 saturated heterocycles. The maximum absolute atomic E-state index is 11.6. The van der Waals surface area contributed by atoms with Crippen molar-refractivity contribution >= 4 is 22.9 Å². The van der Waals surface area contributed by atoms with E-state index >= 15 is 0 Å². The number of hydrogen-bond donors (Lipinski definition) is 2. The van der Waals surface area contributed by atoms with Crippen molar-refractivity contribution in [1.82, 2.24) is 5.32 Å². The van der Waals surface area contributed by atoms with E-state index in [-0.39, 0.29) is 12.5 Å². The van der Waals surface area contributed by atoms with Gasteiger partial charge in [0.05, 0.1) is 12.2 Å². The summed E-state index contributed by atoms with van der Waals surface area (Å²) in [5.74, 6) is 0.371. The zero-order valence-electron chi connectivity index (χ0n) is 9.76. The van der Waals surface area contributed by atoms with Gasteiger partial charge in [-0.1, -0.05) is 18.2 Å². The number of thiophene rings is 1. The third kappa shape index (κ3) is 3.49. The Morgan fingerprint density at radius 2 is 2.11 bits per heavy atom. The van der Waals surface area contributed by atoms with Crippen molar-refractivity contribution in [1.29, 1.82) is 0 Å². The smallest absolute Gasteiger partial charge is 0.258 e. The number of carbonyl (C=O) groups is 1. The summed E-state index contributed by atoms with van der Waals surface area (Å²) in [6.45, 7) is 0.504. The number of carbonyl (C=O) groups excluding carboxylic acids is 1. The van der Waals surface area contributed by atoms with Gasteiger partial charge in [-0.05, 0) is 23.6 Å². The summed E-state index contributed by atoms with van der Waals surface area (Å²) < 4.78 is 5.33. The van der Waals surface area contributed by atoms with Gasteiger partial charge in [0.25, 0.3) is 5.91 Å². The van der Waals surface area contributed by atoms with E-state index in [9.17, 15) is 4.79 Å². The van der Waals surface area contributed by atoms with Crippen LogP contribution in [-0.2, 0) is 11.3 Å². The Labute approximate surface area is 109 Å². The first-order valence-electron chi connectivity index (χ1n) is 5.52. The molecule has 4 nitrogen and oxygen atoms in total. The lowest BCUT2D eigenvalue weighted by molar-refractivity contribution is -0.123. The van der Waals surface area contributed by atoms with Gasteiger partial charge in [-0.15, -0.1) is 11.3 Å². The van der Waals surface area contributed by atoms with E-state index in [0.29, 0.717) is 18.0 Å². The number of nitrogens with two attached hydrogens (primary N) is 1. The molecular weight excluding hydrogens is 248 g/mol. The Balaban J connectivity index is 1.77. The Kier molecular flexibility index (Phi) is 4.20. The highest BCUT2D eigenvalue weighted by atomic mass is 32.1. The molecule has 3 N–H and O–H groups in total. The molecule has 0 unspecified atom stereocenters. The molecule has 5 heteroatoms. The van der Waals surface area contributed by atoms with Gasteiger partial charge >= 0.3 is 0 Å². The summed E-state index contributed by atoms with van der Waals surface area (Å²) in [7, 11) is 0. The van der Waals surface area contributed by atoms with E-state index in [1.54, 1.807) is 23.5 Å². The first kappa shape index (κ1) is 12.4. The van der Waals surface area contributed by atoms with E-state index in [0.717, 1.165) is 4.88 Å². The fraction of sp³-hybridized carbons (Fsp3) is 0.154. The highest BCUT2D eigenvalue weighted by Crippen LogP contribution is 2.19. The standard InChI is InChI=1S/C13H14N2O2S/c14-11-5-1-2-6-12(11)17-9-13(16)15-8-10-4-3-7-18-10/h1-7H,8-9,14H2,(H,15,16). The normalized spacial score (nSPS) is 10.0. The van der Waals surface area contributed by atoms with Crippen LogP contribution in [0.15, 0.2) is 41.8 Å². The number of rotatable bonds is 5. The maximum Gasteiger partial charge on any atom is 0.258 e. The molecule has 1 aromatic carbocycles. The Morgan fingerprint density at radius 1 is 1.28 bits per heavy atom. The molecule has 1 aromatic heterocycles. The van der Waals surface area contributed by atoms with E-state index in [2.05, 4.69) is 5.32 Å². The van der Waals surface area contributed by atoms with Crippen LogP contribution in [0.3, 0.4) is 0 Å². The van der Waals surface area contributed by atoms with Gasteiger partial charge in [-0.25, -0.2) is 0 Å². The van der Waals surface area contributed by atoms with Crippen LogP contribution in [0.1, 0.15) is 4.88 Å². The minimum absolute atomic E-state index is 0.0282. The molecule has 0 aliphatic heterocycles. The predicted octanol–water partition coefficient (Wildman–Crippen LogP) is 2.03. The van der Waals surface area contributed by atoms with Crippen molar-refractivity contribution in [2.45, 2.75) is 6.54 Å². The molecule has 2 rings (SSSR count). The van der Waals surface area contributed by atoms with E-state index in [1.807, 2.05) is 29.6 Å². The van der Waals surface area contributed by atoms with Crippen LogP contribution in [0.4, 0.5) is 5.69 Å². The molecule has 94 valence electrons. The van der Waals surface area contributed by atoms with E-state index < -0.39 is 0 Å². The van der Waals surface area contributed by atoms with Gasteiger partial charge in [0.1, 0.15) is 5.75 Å². The minimum atomic E-state index is -0.161. The number of ether oxygens (including phenoxy) is 1.